The van der Waals surface area contributed by atoms with Crippen LogP contribution >= 0.6 is 0 Å². The van der Waals surface area contributed by atoms with E-state index >= 15 is 0 Å². The van der Waals surface area contributed by atoms with Crippen molar-refractivity contribution in [1.29, 1.82) is 0 Å². The smallest absolute Gasteiger partial charge is 0.316 e. The van der Waals surface area contributed by atoms with Crippen LogP contribution in [-0.4, -0.2) is 11.9 Å². The highest BCUT2D eigenvalue weighted by Crippen LogP contribution is 2.13. The maximum Gasteiger partial charge on any atom is 0.316 e. The van der Waals surface area contributed by atoms with Crippen LogP contribution in [0.2, 0.25) is 0 Å². The number of esters is 2. The molecule has 0 aromatic heterocycles. The summed E-state index contributed by atoms with van der Waals surface area (Å²) in [6.07, 6.45) is 0.249. The van der Waals surface area contributed by atoms with Crippen molar-refractivity contribution < 1.29 is 14.3 Å². The van der Waals surface area contributed by atoms with Crippen LogP contribution in [0.4, 0.5) is 0 Å². The average Bonchev–Trinajstić information content (AvgIpc) is 1.85. The topological polar surface area (TPSA) is 43.4 Å². The predicted octanol–water partition coefficient (Wildman–Crippen LogP) is 0.732. The van der Waals surface area contributed by atoms with Crippen LogP contribution in [0.3, 0.4) is 0 Å². The Labute approximate surface area is 54.0 Å². The molecule has 1 rings (SSSR count). The van der Waals surface area contributed by atoms with Crippen molar-refractivity contribution in [1.82, 2.24) is 0 Å². The Morgan fingerprint density at radius 3 is 2.22 bits per heavy atom. The molecule has 0 aromatic rings. The van der Waals surface area contributed by atoms with Gasteiger partial charge < -0.3 is 4.74 Å². The van der Waals surface area contributed by atoms with Crippen LogP contribution in [0.5, 0.6) is 0 Å². The first-order chi connectivity index (χ1) is 3.70. The van der Waals surface area contributed by atoms with Crippen molar-refractivity contribution in [3.05, 3.63) is 0 Å². The van der Waals surface area contributed by atoms with Crippen LogP contribution in [0.25, 0.3) is 0 Å². The van der Waals surface area contributed by atoms with Crippen molar-refractivity contribution in [2.45, 2.75) is 20.8 Å². The molecule has 0 radical (unpaired) electrons. The molecule has 0 amide bonds. The van der Waals surface area contributed by atoms with E-state index in [1.54, 1.807) is 6.92 Å². The van der Waals surface area contributed by atoms with Gasteiger partial charge >= 0.3 is 11.9 Å². The molecule has 0 aliphatic carbocycles. The summed E-state index contributed by atoms with van der Waals surface area (Å²) in [5, 5.41) is 0. The molecule has 1 aliphatic rings. The van der Waals surface area contributed by atoms with Gasteiger partial charge in [-0.3, -0.25) is 9.59 Å². The highest BCUT2D eigenvalue weighted by atomic mass is 16.6. The first-order valence-electron chi connectivity index (χ1n) is 2.44. The van der Waals surface area contributed by atoms with Gasteiger partial charge in [-0.25, -0.2) is 0 Å². The van der Waals surface area contributed by atoms with E-state index in [0.29, 0.717) is 0 Å². The maximum absolute atomic E-state index is 10.3. The summed E-state index contributed by atoms with van der Waals surface area (Å²) in [7, 11) is 0. The molecule has 0 saturated carbocycles. The van der Waals surface area contributed by atoms with Crippen LogP contribution in [0, 0.1) is 5.92 Å². The third-order valence-electron chi connectivity index (χ3n) is 1.09. The van der Waals surface area contributed by atoms with Crippen LogP contribution in [-0.2, 0) is 14.3 Å². The lowest BCUT2D eigenvalue weighted by atomic mass is 10.1. The summed E-state index contributed by atoms with van der Waals surface area (Å²) in [5.74, 6) is -1.01. The summed E-state index contributed by atoms with van der Waals surface area (Å²) in [6, 6.07) is 0. The van der Waals surface area contributed by atoms with Crippen molar-refractivity contribution in [2.75, 3.05) is 0 Å². The molecule has 1 saturated heterocycles. The molecule has 1 unspecified atom stereocenters. The van der Waals surface area contributed by atoms with Gasteiger partial charge in [0.15, 0.2) is 0 Å². The molecule has 9 heavy (non-hydrogen) atoms. The Kier molecular flexibility index (Phi) is 2.37. The molecule has 0 bridgehead atoms. The molecule has 1 heterocycles. The summed E-state index contributed by atoms with van der Waals surface area (Å²) in [4.78, 5) is 20.6. The van der Waals surface area contributed by atoms with Gasteiger partial charge in [0.1, 0.15) is 0 Å². The minimum Gasteiger partial charge on any atom is -0.393 e. The number of carbonyl (C=O) groups excluding carboxylic acids is 2. The Morgan fingerprint density at radius 1 is 1.56 bits per heavy atom. The lowest BCUT2D eigenvalue weighted by Gasteiger charge is -1.86. The Balaban J connectivity index is 0.000000640. The fourth-order valence-corrected chi connectivity index (χ4v) is 0.588. The number of carbonyl (C=O) groups is 2. The third kappa shape index (κ3) is 1.52. The standard InChI is InChI=1S/C5H6O3.CH4/c1-3-2-4(6)8-5(3)7;/h3H,2H2,1H3;1H4. The molecule has 1 aliphatic heterocycles. The number of ether oxygens (including phenoxy) is 1. The number of cyclic esters (lactones) is 2. The van der Waals surface area contributed by atoms with Gasteiger partial charge in [-0.1, -0.05) is 14.4 Å². The lowest BCUT2D eigenvalue weighted by molar-refractivity contribution is -0.152. The Morgan fingerprint density at radius 2 is 2.11 bits per heavy atom. The molecule has 3 heteroatoms. The molecular weight excluding hydrogens is 120 g/mol. The van der Waals surface area contributed by atoms with Gasteiger partial charge in [-0.05, 0) is 0 Å². The van der Waals surface area contributed by atoms with Gasteiger partial charge in [0.2, 0.25) is 0 Å². The largest absolute Gasteiger partial charge is 0.393 e. The molecule has 52 valence electrons. The van der Waals surface area contributed by atoms with Crippen molar-refractivity contribution in [2.24, 2.45) is 5.92 Å². The van der Waals surface area contributed by atoms with E-state index in [1.807, 2.05) is 0 Å². The van der Waals surface area contributed by atoms with Crippen molar-refractivity contribution in [3.8, 4) is 0 Å². The second kappa shape index (κ2) is 2.62. The van der Waals surface area contributed by atoms with E-state index in [4.69, 9.17) is 0 Å². The fraction of sp³-hybridized carbons (Fsp3) is 0.667. The van der Waals surface area contributed by atoms with Crippen LogP contribution < -0.4 is 0 Å². The number of hydrogen-bond donors (Lipinski definition) is 0. The predicted molar refractivity (Wildman–Crippen MR) is 31.6 cm³/mol. The lowest BCUT2D eigenvalue weighted by Crippen LogP contribution is -2.01. The maximum atomic E-state index is 10.3. The molecule has 0 spiro atoms. The minimum absolute atomic E-state index is 0. The number of rotatable bonds is 0. The van der Waals surface area contributed by atoms with Crippen LogP contribution in [0.1, 0.15) is 20.8 Å². The zero-order valence-electron chi connectivity index (χ0n) is 4.51. The second-order valence-electron chi connectivity index (χ2n) is 1.90. The average molecular weight is 130 g/mol. The van der Waals surface area contributed by atoms with E-state index < -0.39 is 11.9 Å². The summed E-state index contributed by atoms with van der Waals surface area (Å²) >= 11 is 0. The summed E-state index contributed by atoms with van der Waals surface area (Å²) < 4.78 is 4.20. The zero-order chi connectivity index (χ0) is 6.15. The highest BCUT2D eigenvalue weighted by molar-refractivity contribution is 5.94. The quantitative estimate of drug-likeness (QED) is 0.358. The van der Waals surface area contributed by atoms with Gasteiger partial charge in [0, 0.05) is 0 Å². The van der Waals surface area contributed by atoms with Gasteiger partial charge in [-0.15, -0.1) is 0 Å². The molecular formula is C6H10O3. The van der Waals surface area contributed by atoms with E-state index in [9.17, 15) is 9.59 Å². The third-order valence-corrected chi connectivity index (χ3v) is 1.09. The van der Waals surface area contributed by atoms with E-state index in [0.717, 1.165) is 0 Å². The van der Waals surface area contributed by atoms with E-state index in [-0.39, 0.29) is 19.8 Å². The molecule has 0 aromatic carbocycles. The summed E-state index contributed by atoms with van der Waals surface area (Å²) in [5.41, 5.74) is 0. The first-order valence-corrected chi connectivity index (χ1v) is 2.44. The second-order valence-corrected chi connectivity index (χ2v) is 1.90. The van der Waals surface area contributed by atoms with Gasteiger partial charge in [-0.2, -0.15) is 0 Å². The zero-order valence-corrected chi connectivity index (χ0v) is 4.51. The molecule has 0 N–H and O–H groups in total. The molecule has 3 nitrogen and oxygen atoms in total. The normalized spacial score (nSPS) is 25.2. The van der Waals surface area contributed by atoms with E-state index in [2.05, 4.69) is 4.74 Å². The van der Waals surface area contributed by atoms with Gasteiger partial charge in [0.05, 0.1) is 12.3 Å². The van der Waals surface area contributed by atoms with Crippen molar-refractivity contribution >= 4 is 11.9 Å². The van der Waals surface area contributed by atoms with Crippen molar-refractivity contribution in [3.63, 3.8) is 0 Å². The molecule has 1 atom stereocenters. The fourth-order valence-electron chi connectivity index (χ4n) is 0.588. The van der Waals surface area contributed by atoms with Crippen LogP contribution in [0.15, 0.2) is 0 Å². The Bertz CT molecular complexity index is 139. The SMILES string of the molecule is C.CC1CC(=O)OC1=O. The Hall–Kier alpha value is -0.860. The minimum atomic E-state index is -0.400. The number of hydrogen-bond acceptors (Lipinski definition) is 3. The summed E-state index contributed by atoms with van der Waals surface area (Å²) in [6.45, 7) is 1.67. The van der Waals surface area contributed by atoms with Gasteiger partial charge in [0.25, 0.3) is 0 Å². The van der Waals surface area contributed by atoms with E-state index in [1.165, 1.54) is 0 Å². The molecule has 1 fully saturated rings. The monoisotopic (exact) mass is 130 g/mol. The highest BCUT2D eigenvalue weighted by Gasteiger charge is 2.28. The first kappa shape index (κ1) is 8.14.